The molecule has 1 aromatic carbocycles. The molecule has 0 fully saturated rings. The maximum Gasteiger partial charge on any atom is 0.278 e. The van der Waals surface area contributed by atoms with Crippen LogP contribution in [-0.4, -0.2) is 15.2 Å². The summed E-state index contributed by atoms with van der Waals surface area (Å²) in [6, 6.07) is 5.42. The molecule has 0 bridgehead atoms. The molecular formula is C12H14ClN3OS. The highest BCUT2D eigenvalue weighted by Gasteiger charge is 2.10. The number of aryl methyl sites for hydroxylation is 1. The smallest absolute Gasteiger partial charge is 0.278 e. The minimum Gasteiger partial charge on any atom is -0.296 e. The molecule has 0 aliphatic heterocycles. The van der Waals surface area contributed by atoms with E-state index in [-0.39, 0.29) is 16.0 Å². The van der Waals surface area contributed by atoms with E-state index < -0.39 is 0 Å². The Kier molecular flexibility index (Phi) is 5.25. The lowest BCUT2D eigenvalue weighted by Gasteiger charge is -2.04. The van der Waals surface area contributed by atoms with E-state index in [9.17, 15) is 4.79 Å². The van der Waals surface area contributed by atoms with Gasteiger partial charge in [0.05, 0.1) is 5.02 Å². The predicted octanol–water partition coefficient (Wildman–Crippen LogP) is 3.48. The molecule has 96 valence electrons. The second-order valence-electron chi connectivity index (χ2n) is 3.29. The van der Waals surface area contributed by atoms with Gasteiger partial charge in [0.2, 0.25) is 0 Å². The van der Waals surface area contributed by atoms with Crippen LogP contribution in [-0.2, 0) is 0 Å². The first kappa shape index (κ1) is 14.6. The largest absolute Gasteiger partial charge is 0.296 e. The van der Waals surface area contributed by atoms with Gasteiger partial charge < -0.3 is 0 Å². The third kappa shape index (κ3) is 3.05. The van der Waals surface area contributed by atoms with Gasteiger partial charge >= 0.3 is 0 Å². The topological polar surface area (TPSA) is 61.5 Å². The lowest BCUT2D eigenvalue weighted by atomic mass is 10.1. The monoisotopic (exact) mass is 283 g/mol. The second kappa shape index (κ2) is 6.47. The third-order valence-corrected chi connectivity index (χ3v) is 2.85. The van der Waals surface area contributed by atoms with Gasteiger partial charge in [0.1, 0.15) is 0 Å². The Hall–Kier alpha value is -1.46. The Bertz CT molecular complexity index is 648. The van der Waals surface area contributed by atoms with E-state index in [0.29, 0.717) is 10.6 Å². The quantitative estimate of drug-likeness (QED) is 0.788. The Morgan fingerprint density at radius 2 is 2.00 bits per heavy atom. The SMILES string of the molecule is CC.Cc1cccc(-c2n[nH]c(=S)[nH]c2=O)c1Cl. The van der Waals surface area contributed by atoms with E-state index in [1.807, 2.05) is 32.9 Å². The molecule has 2 N–H and O–H groups in total. The Morgan fingerprint density at radius 3 is 2.61 bits per heavy atom. The summed E-state index contributed by atoms with van der Waals surface area (Å²) in [5, 5.41) is 6.95. The molecule has 0 aliphatic carbocycles. The first-order valence-corrected chi connectivity index (χ1v) is 6.32. The summed E-state index contributed by atoms with van der Waals surface area (Å²) in [6.07, 6.45) is 0. The van der Waals surface area contributed by atoms with Gasteiger partial charge in [-0.15, -0.1) is 0 Å². The van der Waals surface area contributed by atoms with Gasteiger partial charge in [-0.1, -0.05) is 43.6 Å². The van der Waals surface area contributed by atoms with E-state index in [2.05, 4.69) is 15.2 Å². The third-order valence-electron chi connectivity index (χ3n) is 2.16. The number of H-pyrrole nitrogens is 2. The maximum absolute atomic E-state index is 11.6. The van der Waals surface area contributed by atoms with Gasteiger partial charge in [0.15, 0.2) is 10.5 Å². The summed E-state index contributed by atoms with van der Waals surface area (Å²) >= 11 is 10.9. The van der Waals surface area contributed by atoms with Crippen molar-refractivity contribution in [2.24, 2.45) is 0 Å². The summed E-state index contributed by atoms with van der Waals surface area (Å²) in [5.41, 5.74) is 1.37. The van der Waals surface area contributed by atoms with Crippen molar-refractivity contribution in [3.63, 3.8) is 0 Å². The molecule has 0 radical (unpaired) electrons. The van der Waals surface area contributed by atoms with Crippen LogP contribution in [0.2, 0.25) is 5.02 Å². The van der Waals surface area contributed by atoms with Crippen LogP contribution in [0.25, 0.3) is 11.3 Å². The van der Waals surface area contributed by atoms with Crippen molar-refractivity contribution in [2.75, 3.05) is 0 Å². The molecule has 2 aromatic rings. The fraction of sp³-hybridized carbons (Fsp3) is 0.250. The highest BCUT2D eigenvalue weighted by atomic mass is 35.5. The van der Waals surface area contributed by atoms with Crippen LogP contribution >= 0.6 is 23.8 Å². The Balaban J connectivity index is 0.000000771. The van der Waals surface area contributed by atoms with E-state index in [1.54, 1.807) is 6.07 Å². The summed E-state index contributed by atoms with van der Waals surface area (Å²) in [5.74, 6) is 0. The van der Waals surface area contributed by atoms with Crippen LogP contribution in [0, 0.1) is 11.7 Å². The van der Waals surface area contributed by atoms with Gasteiger partial charge in [-0.2, -0.15) is 5.10 Å². The number of benzene rings is 1. The minimum absolute atomic E-state index is 0.192. The second-order valence-corrected chi connectivity index (χ2v) is 4.08. The lowest BCUT2D eigenvalue weighted by Crippen LogP contribution is -2.13. The molecule has 4 nitrogen and oxygen atoms in total. The van der Waals surface area contributed by atoms with Crippen molar-refractivity contribution >= 4 is 23.8 Å². The van der Waals surface area contributed by atoms with E-state index in [0.717, 1.165) is 5.56 Å². The van der Waals surface area contributed by atoms with Gasteiger partial charge in [-0.05, 0) is 24.7 Å². The zero-order valence-corrected chi connectivity index (χ0v) is 11.9. The number of halogens is 1. The van der Waals surface area contributed by atoms with Gasteiger partial charge in [0, 0.05) is 5.56 Å². The molecule has 2 rings (SSSR count). The molecule has 6 heteroatoms. The van der Waals surface area contributed by atoms with Crippen LogP contribution in [0.15, 0.2) is 23.0 Å². The number of hydrogen-bond donors (Lipinski definition) is 2. The molecule has 0 unspecified atom stereocenters. The molecule has 0 spiro atoms. The molecule has 1 aromatic heterocycles. The molecular weight excluding hydrogens is 270 g/mol. The molecule has 0 saturated heterocycles. The van der Waals surface area contributed by atoms with Crippen LogP contribution in [0.3, 0.4) is 0 Å². The number of rotatable bonds is 1. The first-order valence-electron chi connectivity index (χ1n) is 5.54. The first-order chi connectivity index (χ1) is 8.59. The Morgan fingerprint density at radius 1 is 1.33 bits per heavy atom. The van der Waals surface area contributed by atoms with Gasteiger partial charge in [0.25, 0.3) is 5.56 Å². The van der Waals surface area contributed by atoms with Crippen molar-refractivity contribution in [3.8, 4) is 11.3 Å². The van der Waals surface area contributed by atoms with Crippen LogP contribution in [0.1, 0.15) is 19.4 Å². The number of nitrogens with one attached hydrogen (secondary N) is 2. The minimum atomic E-state index is -0.351. The zero-order chi connectivity index (χ0) is 13.7. The molecule has 0 aliphatic rings. The molecule has 1 heterocycles. The highest BCUT2D eigenvalue weighted by Crippen LogP contribution is 2.26. The van der Waals surface area contributed by atoms with Crippen molar-refractivity contribution in [3.05, 3.63) is 43.9 Å². The predicted molar refractivity (Wildman–Crippen MR) is 76.6 cm³/mol. The van der Waals surface area contributed by atoms with E-state index in [4.69, 9.17) is 23.8 Å². The Labute approximate surface area is 115 Å². The van der Waals surface area contributed by atoms with Gasteiger partial charge in [-0.25, -0.2) is 0 Å². The fourth-order valence-corrected chi connectivity index (χ4v) is 1.71. The molecule has 0 amide bonds. The maximum atomic E-state index is 11.6. The van der Waals surface area contributed by atoms with Crippen LogP contribution in [0.5, 0.6) is 0 Å². The summed E-state index contributed by atoms with van der Waals surface area (Å²) in [6.45, 7) is 5.87. The van der Waals surface area contributed by atoms with Crippen LogP contribution < -0.4 is 5.56 Å². The average Bonchev–Trinajstić information content (AvgIpc) is 2.36. The number of hydrogen-bond acceptors (Lipinski definition) is 3. The highest BCUT2D eigenvalue weighted by molar-refractivity contribution is 7.71. The average molecular weight is 284 g/mol. The fourth-order valence-electron chi connectivity index (χ4n) is 1.36. The number of aromatic nitrogens is 3. The van der Waals surface area contributed by atoms with E-state index in [1.165, 1.54) is 0 Å². The van der Waals surface area contributed by atoms with Crippen molar-refractivity contribution < 1.29 is 0 Å². The van der Waals surface area contributed by atoms with Crippen LogP contribution in [0.4, 0.5) is 0 Å². The van der Waals surface area contributed by atoms with Crippen molar-refractivity contribution in [2.45, 2.75) is 20.8 Å². The number of aromatic amines is 2. The van der Waals surface area contributed by atoms with Gasteiger partial charge in [-0.3, -0.25) is 14.9 Å². The molecule has 0 atom stereocenters. The summed E-state index contributed by atoms with van der Waals surface area (Å²) in [7, 11) is 0. The zero-order valence-electron chi connectivity index (χ0n) is 10.4. The van der Waals surface area contributed by atoms with E-state index >= 15 is 0 Å². The summed E-state index contributed by atoms with van der Waals surface area (Å²) in [4.78, 5) is 14.1. The normalized spacial score (nSPS) is 9.56. The van der Waals surface area contributed by atoms with Crippen molar-refractivity contribution in [1.29, 1.82) is 0 Å². The lowest BCUT2D eigenvalue weighted by molar-refractivity contribution is 0.931. The molecule has 0 saturated carbocycles. The molecule has 18 heavy (non-hydrogen) atoms. The summed E-state index contributed by atoms with van der Waals surface area (Å²) < 4.78 is 0.192. The van der Waals surface area contributed by atoms with Crippen molar-refractivity contribution in [1.82, 2.24) is 15.2 Å². The number of nitrogens with zero attached hydrogens (tertiary/aromatic N) is 1. The standard InChI is InChI=1S/C10H8ClN3OS.C2H6/c1-5-3-2-4-6(7(5)11)8-9(15)12-10(16)14-13-8;1-2/h2-4H,1H3,(H2,12,14,15,16);1-2H3.